The van der Waals surface area contributed by atoms with E-state index in [1.54, 1.807) is 10.7 Å². The zero-order chi connectivity index (χ0) is 22.4. The van der Waals surface area contributed by atoms with Gasteiger partial charge in [0.05, 0.1) is 23.7 Å². The van der Waals surface area contributed by atoms with Gasteiger partial charge in [0.25, 0.3) is 0 Å². The molecule has 2 atom stereocenters. The highest BCUT2D eigenvalue weighted by Gasteiger charge is 2.29. The predicted molar refractivity (Wildman–Crippen MR) is 119 cm³/mol. The second-order valence-corrected chi connectivity index (χ2v) is 8.51. The van der Waals surface area contributed by atoms with E-state index in [9.17, 15) is 4.39 Å². The lowest BCUT2D eigenvalue weighted by atomic mass is 9.92. The molecule has 32 heavy (non-hydrogen) atoms. The minimum Gasteiger partial charge on any atom is -0.373 e. The molecule has 164 valence electrons. The number of fused-ring (bicyclic) bond motifs is 1. The number of benzene rings is 1. The van der Waals surface area contributed by atoms with Crippen LogP contribution in [0.3, 0.4) is 0 Å². The molecule has 0 aliphatic carbocycles. The number of aromatic nitrogens is 6. The topological polar surface area (TPSA) is 78.6 Å². The molecule has 0 N–H and O–H groups in total. The van der Waals surface area contributed by atoms with E-state index in [0.717, 1.165) is 35.4 Å². The molecular formula is C24H25FN6O. The molecule has 0 amide bonds. The van der Waals surface area contributed by atoms with Gasteiger partial charge in [0.1, 0.15) is 22.9 Å². The standard InChI is InChI=1S/C24H25FN6O/c1-13-5-6-18(19(25)9-13)21-22-24(28-15(3)14(2)27-22)30-23(29-21)16-7-8-32-20(10-16)17-11-26-31(4)12-17/h5-6,9,11-12,16,20H,7-8,10H2,1-4H3/t16-,20-/m1/s1. The maximum atomic E-state index is 15.0. The molecule has 1 aromatic carbocycles. The summed E-state index contributed by atoms with van der Waals surface area (Å²) >= 11 is 0. The Morgan fingerprint density at radius 3 is 2.62 bits per heavy atom. The Morgan fingerprint density at radius 1 is 1.06 bits per heavy atom. The van der Waals surface area contributed by atoms with Crippen molar-refractivity contribution in [2.24, 2.45) is 7.05 Å². The van der Waals surface area contributed by atoms with E-state index in [-0.39, 0.29) is 17.8 Å². The molecule has 4 aromatic rings. The number of nitrogens with zero attached hydrogens (tertiary/aromatic N) is 6. The number of hydrogen-bond acceptors (Lipinski definition) is 6. The first-order chi connectivity index (χ1) is 15.4. The summed E-state index contributed by atoms with van der Waals surface area (Å²) in [5.74, 6) is 0.396. The fourth-order valence-electron chi connectivity index (χ4n) is 4.18. The van der Waals surface area contributed by atoms with Crippen molar-refractivity contribution in [2.75, 3.05) is 6.61 Å². The molecule has 1 saturated heterocycles. The second-order valence-electron chi connectivity index (χ2n) is 8.51. The van der Waals surface area contributed by atoms with Gasteiger partial charge in [-0.2, -0.15) is 5.10 Å². The number of halogens is 1. The van der Waals surface area contributed by atoms with Crippen LogP contribution in [-0.4, -0.2) is 36.3 Å². The van der Waals surface area contributed by atoms with Crippen LogP contribution in [0.1, 0.15) is 53.2 Å². The molecule has 0 unspecified atom stereocenters. The number of ether oxygens (including phenoxy) is 1. The van der Waals surface area contributed by atoms with Crippen LogP contribution < -0.4 is 0 Å². The first-order valence-electron chi connectivity index (χ1n) is 10.8. The maximum Gasteiger partial charge on any atom is 0.182 e. The normalized spacial score (nSPS) is 18.9. The third-order valence-electron chi connectivity index (χ3n) is 6.09. The van der Waals surface area contributed by atoms with Gasteiger partial charge in [-0.15, -0.1) is 0 Å². The molecule has 3 aromatic heterocycles. The molecule has 1 aliphatic heterocycles. The molecule has 7 nitrogen and oxygen atoms in total. The third-order valence-corrected chi connectivity index (χ3v) is 6.09. The smallest absolute Gasteiger partial charge is 0.182 e. The molecule has 0 spiro atoms. The summed E-state index contributed by atoms with van der Waals surface area (Å²) in [7, 11) is 1.89. The van der Waals surface area contributed by atoms with Crippen molar-refractivity contribution in [1.82, 2.24) is 29.7 Å². The molecule has 0 bridgehead atoms. The van der Waals surface area contributed by atoms with Crippen LogP contribution in [0.4, 0.5) is 4.39 Å². The Balaban J connectivity index is 1.62. The number of aryl methyl sites for hydroxylation is 4. The monoisotopic (exact) mass is 432 g/mol. The van der Waals surface area contributed by atoms with E-state index in [1.807, 2.05) is 46.3 Å². The second kappa shape index (κ2) is 8.02. The molecule has 1 aliphatic rings. The first kappa shape index (κ1) is 20.6. The number of hydrogen-bond donors (Lipinski definition) is 0. The predicted octanol–water partition coefficient (Wildman–Crippen LogP) is 4.52. The number of rotatable bonds is 3. The summed E-state index contributed by atoms with van der Waals surface area (Å²) in [5, 5.41) is 4.26. The van der Waals surface area contributed by atoms with Crippen molar-refractivity contribution in [3.8, 4) is 11.3 Å². The van der Waals surface area contributed by atoms with E-state index >= 15 is 0 Å². The van der Waals surface area contributed by atoms with Gasteiger partial charge in [-0.3, -0.25) is 4.68 Å². The fourth-order valence-corrected chi connectivity index (χ4v) is 4.18. The van der Waals surface area contributed by atoms with E-state index in [2.05, 4.69) is 15.1 Å². The SMILES string of the molecule is Cc1ccc(-c2nc([C@@H]3CCO[C@@H](c4cnn(C)c4)C3)nc3nc(C)c(C)nc23)c(F)c1. The minimum absolute atomic E-state index is 0.0639. The molecular weight excluding hydrogens is 407 g/mol. The van der Waals surface area contributed by atoms with Crippen molar-refractivity contribution >= 4 is 11.2 Å². The lowest BCUT2D eigenvalue weighted by molar-refractivity contribution is 0.00398. The molecule has 0 radical (unpaired) electrons. The highest BCUT2D eigenvalue weighted by molar-refractivity contribution is 5.87. The van der Waals surface area contributed by atoms with Crippen LogP contribution in [0.2, 0.25) is 0 Å². The summed E-state index contributed by atoms with van der Waals surface area (Å²) in [4.78, 5) is 19.0. The van der Waals surface area contributed by atoms with Gasteiger partial charge < -0.3 is 4.74 Å². The lowest BCUT2D eigenvalue weighted by Crippen LogP contribution is -2.20. The molecule has 5 rings (SSSR count). The van der Waals surface area contributed by atoms with Gasteiger partial charge in [-0.05, 0) is 51.3 Å². The van der Waals surface area contributed by atoms with E-state index in [0.29, 0.717) is 34.9 Å². The largest absolute Gasteiger partial charge is 0.373 e. The van der Waals surface area contributed by atoms with Crippen LogP contribution in [0.15, 0.2) is 30.6 Å². The Hall–Kier alpha value is -3.26. The zero-order valence-corrected chi connectivity index (χ0v) is 18.6. The van der Waals surface area contributed by atoms with Gasteiger partial charge in [0.15, 0.2) is 5.65 Å². The Labute approximate surface area is 185 Å². The van der Waals surface area contributed by atoms with Gasteiger partial charge in [0, 0.05) is 36.9 Å². The van der Waals surface area contributed by atoms with Crippen LogP contribution in [0, 0.1) is 26.6 Å². The Bertz CT molecular complexity index is 1320. The molecule has 1 fully saturated rings. The van der Waals surface area contributed by atoms with Gasteiger partial charge >= 0.3 is 0 Å². The first-order valence-corrected chi connectivity index (χ1v) is 10.8. The third kappa shape index (κ3) is 3.75. The summed E-state index contributed by atoms with van der Waals surface area (Å²) < 4.78 is 22.7. The van der Waals surface area contributed by atoms with E-state index in [4.69, 9.17) is 14.7 Å². The molecule has 0 saturated carbocycles. The summed E-state index contributed by atoms with van der Waals surface area (Å²) in [6.07, 6.45) is 5.24. The summed E-state index contributed by atoms with van der Waals surface area (Å²) in [5.41, 5.74) is 5.40. The average molecular weight is 433 g/mol. The quantitative estimate of drug-likeness (QED) is 0.474. The van der Waals surface area contributed by atoms with Crippen molar-refractivity contribution in [3.05, 3.63) is 64.7 Å². The van der Waals surface area contributed by atoms with Crippen LogP contribution in [-0.2, 0) is 11.8 Å². The molecule has 8 heteroatoms. The van der Waals surface area contributed by atoms with Crippen molar-refractivity contribution < 1.29 is 9.13 Å². The highest BCUT2D eigenvalue weighted by atomic mass is 19.1. The average Bonchev–Trinajstić information content (AvgIpc) is 3.21. The van der Waals surface area contributed by atoms with Crippen LogP contribution in [0.5, 0.6) is 0 Å². The zero-order valence-electron chi connectivity index (χ0n) is 18.6. The van der Waals surface area contributed by atoms with E-state index in [1.165, 1.54) is 6.07 Å². The van der Waals surface area contributed by atoms with Crippen molar-refractivity contribution in [1.29, 1.82) is 0 Å². The van der Waals surface area contributed by atoms with Gasteiger partial charge in [0.2, 0.25) is 0 Å². The Morgan fingerprint density at radius 2 is 1.88 bits per heavy atom. The lowest BCUT2D eigenvalue weighted by Gasteiger charge is -2.28. The van der Waals surface area contributed by atoms with Crippen molar-refractivity contribution in [2.45, 2.75) is 45.6 Å². The Kier molecular flexibility index (Phi) is 5.17. The minimum atomic E-state index is -0.323. The summed E-state index contributed by atoms with van der Waals surface area (Å²) in [6.45, 7) is 6.26. The highest BCUT2D eigenvalue weighted by Crippen LogP contribution is 2.38. The van der Waals surface area contributed by atoms with Crippen LogP contribution >= 0.6 is 0 Å². The maximum absolute atomic E-state index is 15.0. The van der Waals surface area contributed by atoms with Gasteiger partial charge in [-0.25, -0.2) is 24.3 Å². The van der Waals surface area contributed by atoms with Crippen LogP contribution in [0.25, 0.3) is 22.4 Å². The molecule has 4 heterocycles. The summed E-state index contributed by atoms with van der Waals surface area (Å²) in [6, 6.07) is 5.16. The van der Waals surface area contributed by atoms with Crippen molar-refractivity contribution in [3.63, 3.8) is 0 Å². The fraction of sp³-hybridized carbons (Fsp3) is 0.375. The van der Waals surface area contributed by atoms with E-state index < -0.39 is 0 Å². The van der Waals surface area contributed by atoms with Gasteiger partial charge in [-0.1, -0.05) is 6.07 Å².